The first-order valence-corrected chi connectivity index (χ1v) is 11.1. The van der Waals surface area contributed by atoms with Crippen LogP contribution in [0, 0.1) is 0 Å². The standard InChI is InChI=1S/C23H35N7/c1-4-24-22(29-14-16-30(17-15-29)23-25-12-7-13-26-23)27-18-20-8-10-21(11-9-20)19-28(5-2)6-3/h7-13H,4-6,14-19H2,1-3H3,(H,24,27). The van der Waals surface area contributed by atoms with Gasteiger partial charge in [-0.2, -0.15) is 0 Å². The van der Waals surface area contributed by atoms with E-state index in [0.29, 0.717) is 6.54 Å². The molecule has 1 aliphatic rings. The third-order valence-electron chi connectivity index (χ3n) is 5.48. The van der Waals surface area contributed by atoms with Crippen LogP contribution in [-0.4, -0.2) is 71.5 Å². The predicted molar refractivity (Wildman–Crippen MR) is 124 cm³/mol. The Kier molecular flexibility index (Phi) is 8.44. The average Bonchev–Trinajstić information content (AvgIpc) is 2.81. The molecule has 30 heavy (non-hydrogen) atoms. The summed E-state index contributed by atoms with van der Waals surface area (Å²) in [6.07, 6.45) is 3.60. The molecule has 2 heterocycles. The molecule has 1 saturated heterocycles. The molecule has 0 atom stereocenters. The van der Waals surface area contributed by atoms with E-state index in [1.807, 2.05) is 6.07 Å². The summed E-state index contributed by atoms with van der Waals surface area (Å²) >= 11 is 0. The Morgan fingerprint density at radius 3 is 2.20 bits per heavy atom. The lowest BCUT2D eigenvalue weighted by molar-refractivity contribution is 0.296. The van der Waals surface area contributed by atoms with Crippen molar-refractivity contribution in [3.8, 4) is 0 Å². The molecule has 0 saturated carbocycles. The number of piperazine rings is 1. The third kappa shape index (κ3) is 6.16. The van der Waals surface area contributed by atoms with Crippen molar-refractivity contribution in [1.29, 1.82) is 0 Å². The second-order valence-electron chi connectivity index (χ2n) is 7.47. The molecular formula is C23H35N7. The molecule has 0 spiro atoms. The Morgan fingerprint density at radius 1 is 0.967 bits per heavy atom. The molecular weight excluding hydrogens is 374 g/mol. The number of benzene rings is 1. The van der Waals surface area contributed by atoms with E-state index in [9.17, 15) is 0 Å². The minimum atomic E-state index is 0.690. The molecule has 0 radical (unpaired) electrons. The van der Waals surface area contributed by atoms with E-state index in [0.717, 1.165) is 64.3 Å². The van der Waals surface area contributed by atoms with Crippen LogP contribution >= 0.6 is 0 Å². The van der Waals surface area contributed by atoms with Crippen molar-refractivity contribution in [2.45, 2.75) is 33.9 Å². The highest BCUT2D eigenvalue weighted by molar-refractivity contribution is 5.80. The molecule has 1 aromatic carbocycles. The van der Waals surface area contributed by atoms with Gasteiger partial charge in [0.15, 0.2) is 5.96 Å². The average molecular weight is 410 g/mol. The normalized spacial score (nSPS) is 15.0. The lowest BCUT2D eigenvalue weighted by Gasteiger charge is -2.36. The number of hydrogen-bond acceptors (Lipinski definition) is 5. The zero-order chi connectivity index (χ0) is 21.2. The lowest BCUT2D eigenvalue weighted by atomic mass is 10.1. The minimum Gasteiger partial charge on any atom is -0.357 e. The van der Waals surface area contributed by atoms with Gasteiger partial charge in [0.05, 0.1) is 6.54 Å². The van der Waals surface area contributed by atoms with E-state index < -0.39 is 0 Å². The van der Waals surface area contributed by atoms with Gasteiger partial charge < -0.3 is 15.1 Å². The van der Waals surface area contributed by atoms with Crippen LogP contribution in [0.4, 0.5) is 5.95 Å². The van der Waals surface area contributed by atoms with Crippen LogP contribution in [0.25, 0.3) is 0 Å². The van der Waals surface area contributed by atoms with Crippen LogP contribution in [0.2, 0.25) is 0 Å². The minimum absolute atomic E-state index is 0.690. The maximum Gasteiger partial charge on any atom is 0.225 e. The molecule has 1 aromatic heterocycles. The lowest BCUT2D eigenvalue weighted by Crippen LogP contribution is -2.52. The smallest absolute Gasteiger partial charge is 0.225 e. The van der Waals surface area contributed by atoms with Gasteiger partial charge in [-0.1, -0.05) is 38.1 Å². The largest absolute Gasteiger partial charge is 0.357 e. The first-order valence-electron chi connectivity index (χ1n) is 11.1. The SMILES string of the molecule is CCNC(=NCc1ccc(CN(CC)CC)cc1)N1CCN(c2ncccn2)CC1. The van der Waals surface area contributed by atoms with Crippen molar-refractivity contribution in [2.75, 3.05) is 50.7 Å². The second-order valence-corrected chi connectivity index (χ2v) is 7.47. The second kappa shape index (κ2) is 11.5. The number of aliphatic imine (C=N–C) groups is 1. The van der Waals surface area contributed by atoms with E-state index in [4.69, 9.17) is 4.99 Å². The maximum atomic E-state index is 4.90. The summed E-state index contributed by atoms with van der Waals surface area (Å²) in [5, 5.41) is 3.45. The van der Waals surface area contributed by atoms with E-state index in [2.05, 4.69) is 75.0 Å². The third-order valence-corrected chi connectivity index (χ3v) is 5.48. The Bertz CT molecular complexity index is 764. The van der Waals surface area contributed by atoms with Gasteiger partial charge in [-0.3, -0.25) is 4.90 Å². The van der Waals surface area contributed by atoms with E-state index in [1.54, 1.807) is 12.4 Å². The van der Waals surface area contributed by atoms with Crippen molar-refractivity contribution in [2.24, 2.45) is 4.99 Å². The number of aromatic nitrogens is 2. The highest BCUT2D eigenvalue weighted by Gasteiger charge is 2.21. The molecule has 1 aliphatic heterocycles. The fraction of sp³-hybridized carbons (Fsp3) is 0.522. The van der Waals surface area contributed by atoms with Crippen molar-refractivity contribution in [1.82, 2.24) is 25.1 Å². The number of guanidine groups is 1. The fourth-order valence-electron chi connectivity index (χ4n) is 3.62. The monoisotopic (exact) mass is 409 g/mol. The molecule has 2 aromatic rings. The summed E-state index contributed by atoms with van der Waals surface area (Å²) in [5.41, 5.74) is 2.60. The van der Waals surface area contributed by atoms with Crippen LogP contribution in [0.3, 0.4) is 0 Å². The van der Waals surface area contributed by atoms with Gasteiger partial charge in [0, 0.05) is 51.7 Å². The molecule has 0 aliphatic carbocycles. The van der Waals surface area contributed by atoms with Crippen LogP contribution in [-0.2, 0) is 13.1 Å². The van der Waals surface area contributed by atoms with Gasteiger partial charge in [0.25, 0.3) is 0 Å². The summed E-state index contributed by atoms with van der Waals surface area (Å²) in [5.74, 6) is 1.79. The maximum absolute atomic E-state index is 4.90. The number of nitrogens with zero attached hydrogens (tertiary/aromatic N) is 6. The molecule has 7 nitrogen and oxygen atoms in total. The Hall–Kier alpha value is -2.67. The van der Waals surface area contributed by atoms with E-state index in [1.165, 1.54) is 11.1 Å². The van der Waals surface area contributed by atoms with Crippen molar-refractivity contribution in [3.63, 3.8) is 0 Å². The summed E-state index contributed by atoms with van der Waals surface area (Å²) in [6, 6.07) is 10.7. The fourth-order valence-corrected chi connectivity index (χ4v) is 3.62. The highest BCUT2D eigenvalue weighted by atomic mass is 15.4. The zero-order valence-electron chi connectivity index (χ0n) is 18.6. The zero-order valence-corrected chi connectivity index (χ0v) is 18.6. The molecule has 1 N–H and O–H groups in total. The number of anilines is 1. The topological polar surface area (TPSA) is 59.9 Å². The van der Waals surface area contributed by atoms with Gasteiger partial charge >= 0.3 is 0 Å². The molecule has 7 heteroatoms. The number of nitrogens with one attached hydrogen (secondary N) is 1. The molecule has 3 rings (SSSR count). The molecule has 0 unspecified atom stereocenters. The first-order chi connectivity index (χ1) is 14.7. The summed E-state index contributed by atoms with van der Waals surface area (Å²) in [4.78, 5) is 20.6. The predicted octanol–water partition coefficient (Wildman–Crippen LogP) is 2.61. The molecule has 162 valence electrons. The molecule has 0 bridgehead atoms. The summed E-state index contributed by atoms with van der Waals surface area (Å²) < 4.78 is 0. The highest BCUT2D eigenvalue weighted by Crippen LogP contribution is 2.12. The summed E-state index contributed by atoms with van der Waals surface area (Å²) in [7, 11) is 0. The Labute approximate surface area is 180 Å². The number of hydrogen-bond donors (Lipinski definition) is 1. The van der Waals surface area contributed by atoms with Gasteiger partial charge in [0.1, 0.15) is 0 Å². The Morgan fingerprint density at radius 2 is 1.60 bits per heavy atom. The van der Waals surface area contributed by atoms with Gasteiger partial charge in [-0.05, 0) is 37.2 Å². The molecule has 1 fully saturated rings. The van der Waals surface area contributed by atoms with E-state index in [-0.39, 0.29) is 0 Å². The van der Waals surface area contributed by atoms with Gasteiger partial charge in [-0.25, -0.2) is 15.0 Å². The molecule has 0 amide bonds. The Balaban J connectivity index is 1.57. The van der Waals surface area contributed by atoms with Crippen LogP contribution in [0.5, 0.6) is 0 Å². The quantitative estimate of drug-likeness (QED) is 0.534. The van der Waals surface area contributed by atoms with Crippen LogP contribution < -0.4 is 10.2 Å². The van der Waals surface area contributed by atoms with Crippen molar-refractivity contribution >= 4 is 11.9 Å². The number of rotatable bonds is 8. The first kappa shape index (κ1) is 22.0. The summed E-state index contributed by atoms with van der Waals surface area (Å²) in [6.45, 7) is 14.9. The van der Waals surface area contributed by atoms with E-state index >= 15 is 0 Å². The van der Waals surface area contributed by atoms with Crippen molar-refractivity contribution in [3.05, 3.63) is 53.9 Å². The van der Waals surface area contributed by atoms with Gasteiger partial charge in [0.2, 0.25) is 5.95 Å². The van der Waals surface area contributed by atoms with Gasteiger partial charge in [-0.15, -0.1) is 0 Å². The van der Waals surface area contributed by atoms with Crippen LogP contribution in [0.1, 0.15) is 31.9 Å². The van der Waals surface area contributed by atoms with Crippen LogP contribution in [0.15, 0.2) is 47.7 Å². The van der Waals surface area contributed by atoms with Crippen molar-refractivity contribution < 1.29 is 0 Å².